The van der Waals surface area contributed by atoms with Crippen LogP contribution in [-0.2, 0) is 0 Å². The van der Waals surface area contributed by atoms with Gasteiger partial charge in [0.25, 0.3) is 0 Å². The van der Waals surface area contributed by atoms with Crippen LogP contribution in [0, 0.1) is 5.92 Å². The van der Waals surface area contributed by atoms with Crippen LogP contribution in [0.3, 0.4) is 0 Å². The molecule has 0 heterocycles. The molecule has 0 fully saturated rings. The Kier molecular flexibility index (Phi) is 3.19. The second-order valence-electron chi connectivity index (χ2n) is 3.53. The van der Waals surface area contributed by atoms with Gasteiger partial charge in [-0.15, -0.1) is 0 Å². The lowest BCUT2D eigenvalue weighted by Gasteiger charge is -2.10. The second kappa shape index (κ2) is 4.21. The number of hydrogen-bond acceptors (Lipinski definition) is 4. The van der Waals surface area contributed by atoms with E-state index in [1.165, 1.54) is 0 Å². The Morgan fingerprint density at radius 1 is 1.27 bits per heavy atom. The van der Waals surface area contributed by atoms with Gasteiger partial charge in [0.2, 0.25) is 0 Å². The number of Topliss-reactive ketones (excluding diaryl/α,β-unsaturated/α-hetero) is 1. The zero-order valence-electron chi connectivity index (χ0n) is 8.69. The van der Waals surface area contributed by atoms with Gasteiger partial charge in [-0.2, -0.15) is 0 Å². The summed E-state index contributed by atoms with van der Waals surface area (Å²) in [6.45, 7) is 3.56. The Bertz CT molecular complexity index is 361. The largest absolute Gasteiger partial charge is 0.508 e. The van der Waals surface area contributed by atoms with Crippen LogP contribution >= 0.6 is 0 Å². The van der Waals surface area contributed by atoms with Crippen molar-refractivity contribution in [1.82, 2.24) is 0 Å². The molecule has 82 valence electrons. The molecule has 1 aromatic carbocycles. The maximum atomic E-state index is 11.7. The molecule has 0 amide bonds. The van der Waals surface area contributed by atoms with Crippen molar-refractivity contribution in [3.8, 4) is 17.2 Å². The Morgan fingerprint density at radius 3 is 2.13 bits per heavy atom. The molecule has 0 spiro atoms. The molecule has 1 aromatic rings. The van der Waals surface area contributed by atoms with E-state index in [9.17, 15) is 15.0 Å². The average molecular weight is 210 g/mol. The maximum Gasteiger partial charge on any atom is 0.173 e. The van der Waals surface area contributed by atoms with E-state index in [0.717, 1.165) is 12.1 Å². The van der Waals surface area contributed by atoms with E-state index in [1.807, 2.05) is 6.92 Å². The number of benzene rings is 1. The van der Waals surface area contributed by atoms with E-state index < -0.39 is 11.5 Å². The fraction of sp³-hybridized carbons (Fsp3) is 0.364. The number of ketones is 1. The molecule has 0 aromatic heterocycles. The predicted octanol–water partition coefficient (Wildman–Crippen LogP) is 2.03. The molecule has 4 nitrogen and oxygen atoms in total. The van der Waals surface area contributed by atoms with E-state index in [-0.39, 0.29) is 23.0 Å². The molecule has 1 rings (SSSR count). The molecule has 1 atom stereocenters. The first-order valence-corrected chi connectivity index (χ1v) is 4.76. The first-order valence-electron chi connectivity index (χ1n) is 4.76. The van der Waals surface area contributed by atoms with E-state index in [2.05, 4.69) is 0 Å². The summed E-state index contributed by atoms with van der Waals surface area (Å²) in [5.74, 6) is -1.65. The summed E-state index contributed by atoms with van der Waals surface area (Å²) in [6.07, 6.45) is 0.624. The minimum absolute atomic E-state index is 0.123. The van der Waals surface area contributed by atoms with Crippen LogP contribution in [0.25, 0.3) is 0 Å². The van der Waals surface area contributed by atoms with Gasteiger partial charge in [0, 0.05) is 18.1 Å². The van der Waals surface area contributed by atoms with Gasteiger partial charge < -0.3 is 15.3 Å². The Hall–Kier alpha value is -1.71. The zero-order valence-corrected chi connectivity index (χ0v) is 8.69. The number of phenolic OH excluding ortho intramolecular Hbond substituents is 3. The third-order valence-corrected chi connectivity index (χ3v) is 2.39. The molecule has 0 radical (unpaired) electrons. The Labute approximate surface area is 87.8 Å². The van der Waals surface area contributed by atoms with E-state index >= 15 is 0 Å². The highest BCUT2D eigenvalue weighted by molar-refractivity contribution is 6.02. The molecule has 0 aliphatic carbocycles. The normalized spacial score (nSPS) is 12.4. The lowest BCUT2D eigenvalue weighted by molar-refractivity contribution is 0.0921. The van der Waals surface area contributed by atoms with Crippen molar-refractivity contribution in [1.29, 1.82) is 0 Å². The van der Waals surface area contributed by atoms with Gasteiger partial charge in [0.15, 0.2) is 5.78 Å². The first-order chi connectivity index (χ1) is 6.97. The van der Waals surface area contributed by atoms with Crippen LogP contribution in [0.15, 0.2) is 12.1 Å². The van der Waals surface area contributed by atoms with Crippen molar-refractivity contribution in [3.63, 3.8) is 0 Å². The van der Waals surface area contributed by atoms with Gasteiger partial charge >= 0.3 is 0 Å². The number of rotatable bonds is 3. The maximum absolute atomic E-state index is 11.7. The molecule has 3 N–H and O–H groups in total. The van der Waals surface area contributed by atoms with Gasteiger partial charge in [0.05, 0.1) is 0 Å². The van der Waals surface area contributed by atoms with Crippen LogP contribution in [0.1, 0.15) is 30.6 Å². The van der Waals surface area contributed by atoms with E-state index in [4.69, 9.17) is 5.11 Å². The van der Waals surface area contributed by atoms with Crippen molar-refractivity contribution >= 4 is 5.78 Å². The summed E-state index contributed by atoms with van der Waals surface area (Å²) in [5, 5.41) is 28.0. The molecule has 0 saturated carbocycles. The highest BCUT2D eigenvalue weighted by atomic mass is 16.3. The Balaban J connectivity index is 3.20. The molecule has 0 aliphatic heterocycles. The summed E-state index contributed by atoms with van der Waals surface area (Å²) >= 11 is 0. The van der Waals surface area contributed by atoms with Crippen LogP contribution in [-0.4, -0.2) is 21.1 Å². The molecule has 1 unspecified atom stereocenters. The molecule has 15 heavy (non-hydrogen) atoms. The first kappa shape index (κ1) is 11.4. The molecule has 0 bridgehead atoms. The highest BCUT2D eigenvalue weighted by Crippen LogP contribution is 2.33. The molecule has 0 saturated heterocycles. The van der Waals surface area contributed by atoms with E-state index in [1.54, 1.807) is 6.92 Å². The fourth-order valence-corrected chi connectivity index (χ4v) is 1.28. The van der Waals surface area contributed by atoms with Crippen molar-refractivity contribution in [3.05, 3.63) is 17.7 Å². The van der Waals surface area contributed by atoms with Crippen LogP contribution in [0.5, 0.6) is 17.2 Å². The molecule has 0 aliphatic rings. The summed E-state index contributed by atoms with van der Waals surface area (Å²) in [4.78, 5) is 11.7. The van der Waals surface area contributed by atoms with Gasteiger partial charge in [-0.25, -0.2) is 0 Å². The quantitative estimate of drug-likeness (QED) is 0.667. The minimum Gasteiger partial charge on any atom is -0.508 e. The Morgan fingerprint density at radius 2 is 1.73 bits per heavy atom. The number of carbonyl (C=O) groups excluding carboxylic acids is 1. The van der Waals surface area contributed by atoms with Crippen LogP contribution in [0.4, 0.5) is 0 Å². The van der Waals surface area contributed by atoms with Gasteiger partial charge in [-0.1, -0.05) is 13.8 Å². The van der Waals surface area contributed by atoms with Crippen molar-refractivity contribution in [2.45, 2.75) is 20.3 Å². The number of carbonyl (C=O) groups is 1. The van der Waals surface area contributed by atoms with Gasteiger partial charge in [-0.3, -0.25) is 4.79 Å². The standard InChI is InChI=1S/C11H14O4/c1-3-6(2)11(15)10-8(13)4-7(12)5-9(10)14/h4-6,12-14H,3H2,1-2H3. The third kappa shape index (κ3) is 2.21. The zero-order chi connectivity index (χ0) is 11.6. The SMILES string of the molecule is CCC(C)C(=O)c1c(O)cc(O)cc1O. The third-order valence-electron chi connectivity index (χ3n) is 2.39. The smallest absolute Gasteiger partial charge is 0.173 e. The van der Waals surface area contributed by atoms with Gasteiger partial charge in [-0.05, 0) is 6.42 Å². The second-order valence-corrected chi connectivity index (χ2v) is 3.53. The topological polar surface area (TPSA) is 77.8 Å². The van der Waals surface area contributed by atoms with Crippen LogP contribution in [0.2, 0.25) is 0 Å². The van der Waals surface area contributed by atoms with Crippen molar-refractivity contribution < 1.29 is 20.1 Å². The lowest BCUT2D eigenvalue weighted by Crippen LogP contribution is -2.10. The fourth-order valence-electron chi connectivity index (χ4n) is 1.28. The van der Waals surface area contributed by atoms with Crippen LogP contribution < -0.4 is 0 Å². The average Bonchev–Trinajstić information content (AvgIpc) is 2.14. The number of aromatic hydroxyl groups is 3. The summed E-state index contributed by atoms with van der Waals surface area (Å²) in [6, 6.07) is 2.07. The summed E-state index contributed by atoms with van der Waals surface area (Å²) in [7, 11) is 0. The molecular weight excluding hydrogens is 196 g/mol. The summed E-state index contributed by atoms with van der Waals surface area (Å²) in [5.41, 5.74) is -0.123. The minimum atomic E-state index is -0.391. The van der Waals surface area contributed by atoms with E-state index in [0.29, 0.717) is 6.42 Å². The lowest BCUT2D eigenvalue weighted by atomic mass is 9.95. The summed E-state index contributed by atoms with van der Waals surface area (Å²) < 4.78 is 0. The monoisotopic (exact) mass is 210 g/mol. The number of hydrogen-bond donors (Lipinski definition) is 3. The number of phenols is 3. The van der Waals surface area contributed by atoms with Crippen molar-refractivity contribution in [2.24, 2.45) is 5.92 Å². The van der Waals surface area contributed by atoms with Crippen molar-refractivity contribution in [2.75, 3.05) is 0 Å². The predicted molar refractivity (Wildman–Crippen MR) is 55.2 cm³/mol. The molecule has 4 heteroatoms. The molecular formula is C11H14O4. The highest BCUT2D eigenvalue weighted by Gasteiger charge is 2.21. The van der Waals surface area contributed by atoms with Gasteiger partial charge in [0.1, 0.15) is 22.8 Å².